The summed E-state index contributed by atoms with van der Waals surface area (Å²) in [4.78, 5) is 26.5. The van der Waals surface area contributed by atoms with Crippen LogP contribution >= 0.6 is 23.4 Å². The van der Waals surface area contributed by atoms with Crippen LogP contribution in [0.3, 0.4) is 0 Å². The number of anilines is 2. The van der Waals surface area contributed by atoms with Crippen molar-refractivity contribution >= 4 is 46.7 Å². The molecule has 166 valence electrons. The monoisotopic (exact) mass is 465 g/mol. The van der Waals surface area contributed by atoms with Crippen LogP contribution < -0.4 is 15.5 Å². The third-order valence-electron chi connectivity index (χ3n) is 4.85. The number of benzene rings is 1. The molecule has 1 aliphatic rings. The Morgan fingerprint density at radius 2 is 2.13 bits per heavy atom. The third kappa shape index (κ3) is 6.80. The molecule has 0 bridgehead atoms. The second-order valence-electron chi connectivity index (χ2n) is 7.27. The highest BCUT2D eigenvalue weighted by molar-refractivity contribution is 7.99. The van der Waals surface area contributed by atoms with E-state index in [4.69, 9.17) is 11.6 Å². The molecule has 10 heteroatoms. The number of thioether (sulfide) groups is 1. The summed E-state index contributed by atoms with van der Waals surface area (Å²) in [6, 6.07) is 7.45. The van der Waals surface area contributed by atoms with Crippen LogP contribution in [0.15, 0.2) is 35.4 Å². The molecule has 2 amide bonds. The maximum Gasteiger partial charge on any atom is 0.234 e. The Kier molecular flexibility index (Phi) is 8.48. The average Bonchev–Trinajstić information content (AvgIpc) is 2.79. The van der Waals surface area contributed by atoms with Crippen molar-refractivity contribution < 1.29 is 14.0 Å². The lowest BCUT2D eigenvalue weighted by molar-refractivity contribution is -0.125. The molecule has 1 aliphatic heterocycles. The van der Waals surface area contributed by atoms with Gasteiger partial charge in [-0.3, -0.25) is 9.59 Å². The van der Waals surface area contributed by atoms with E-state index in [9.17, 15) is 14.0 Å². The molecule has 1 fully saturated rings. The van der Waals surface area contributed by atoms with Gasteiger partial charge in [-0.05, 0) is 49.6 Å². The quantitative estimate of drug-likeness (QED) is 0.577. The standard InChI is InChI=1S/C21H25ClFN5O2S/c1-2-9-24-21(30)14-4-3-10-28(12-14)18-7-8-20(27-26-18)31-13-19(29)25-17-11-15(23)5-6-16(17)22/h5-8,11,14H,2-4,9-10,12-13H2,1H3,(H,24,30)(H,25,29)/t14-/m0/s1. The van der Waals surface area contributed by atoms with Gasteiger partial charge in [-0.15, -0.1) is 10.2 Å². The van der Waals surface area contributed by atoms with E-state index in [0.29, 0.717) is 23.9 Å². The molecule has 2 aromatic rings. The maximum atomic E-state index is 13.3. The van der Waals surface area contributed by atoms with Crippen LogP contribution in [0.4, 0.5) is 15.9 Å². The topological polar surface area (TPSA) is 87.2 Å². The molecule has 2 heterocycles. The fraction of sp³-hybridized carbons (Fsp3) is 0.429. The second-order valence-corrected chi connectivity index (χ2v) is 8.67. The number of nitrogens with one attached hydrogen (secondary N) is 2. The van der Waals surface area contributed by atoms with E-state index in [2.05, 4.69) is 25.7 Å². The number of nitrogens with zero attached hydrogens (tertiary/aromatic N) is 3. The number of amides is 2. The van der Waals surface area contributed by atoms with Gasteiger partial charge >= 0.3 is 0 Å². The summed E-state index contributed by atoms with van der Waals surface area (Å²) in [5, 5.41) is 14.9. The first-order valence-electron chi connectivity index (χ1n) is 10.2. The molecule has 31 heavy (non-hydrogen) atoms. The molecule has 1 aromatic carbocycles. The van der Waals surface area contributed by atoms with Crippen molar-refractivity contribution in [3.8, 4) is 0 Å². The fourth-order valence-corrected chi connectivity index (χ4v) is 4.05. The maximum absolute atomic E-state index is 13.3. The van der Waals surface area contributed by atoms with E-state index < -0.39 is 5.82 Å². The molecule has 1 aromatic heterocycles. The summed E-state index contributed by atoms with van der Waals surface area (Å²) in [5.74, 6) is 0.0560. The lowest BCUT2D eigenvalue weighted by atomic mass is 9.97. The van der Waals surface area contributed by atoms with Crippen molar-refractivity contribution in [2.24, 2.45) is 5.92 Å². The highest BCUT2D eigenvalue weighted by atomic mass is 35.5. The van der Waals surface area contributed by atoms with Crippen molar-refractivity contribution in [1.29, 1.82) is 0 Å². The van der Waals surface area contributed by atoms with Crippen LogP contribution in [0.2, 0.25) is 5.02 Å². The van der Waals surface area contributed by atoms with Gasteiger partial charge in [0.1, 0.15) is 10.8 Å². The molecule has 0 aliphatic carbocycles. The summed E-state index contributed by atoms with van der Waals surface area (Å²) >= 11 is 7.19. The van der Waals surface area contributed by atoms with Crippen LogP contribution in [-0.4, -0.2) is 47.4 Å². The van der Waals surface area contributed by atoms with E-state index in [1.807, 2.05) is 13.0 Å². The summed E-state index contributed by atoms with van der Waals surface area (Å²) in [6.07, 6.45) is 2.71. The Labute approximate surface area is 190 Å². The molecular formula is C21H25ClFN5O2S. The summed E-state index contributed by atoms with van der Waals surface area (Å²) in [5.41, 5.74) is 0.233. The number of halogens is 2. The fourth-order valence-electron chi connectivity index (χ4n) is 3.27. The summed E-state index contributed by atoms with van der Waals surface area (Å²) in [6.45, 7) is 4.17. The molecule has 0 unspecified atom stereocenters. The zero-order valence-electron chi connectivity index (χ0n) is 17.2. The van der Waals surface area contributed by atoms with Crippen molar-refractivity contribution in [2.45, 2.75) is 31.2 Å². The molecule has 0 radical (unpaired) electrons. The van der Waals surface area contributed by atoms with Crippen LogP contribution in [-0.2, 0) is 9.59 Å². The molecular weight excluding hydrogens is 441 g/mol. The molecule has 1 atom stereocenters. The number of hydrogen-bond acceptors (Lipinski definition) is 6. The first kappa shape index (κ1) is 23.3. The predicted octanol–water partition coefficient (Wildman–Crippen LogP) is 3.74. The van der Waals surface area contributed by atoms with Gasteiger partial charge < -0.3 is 15.5 Å². The number of rotatable bonds is 8. The van der Waals surface area contributed by atoms with Gasteiger partial charge in [0, 0.05) is 19.6 Å². The molecule has 3 rings (SSSR count). The SMILES string of the molecule is CCCNC(=O)[C@H]1CCCN(c2ccc(SCC(=O)Nc3cc(F)ccc3Cl)nn2)C1. The highest BCUT2D eigenvalue weighted by Gasteiger charge is 2.26. The molecule has 1 saturated heterocycles. The number of carbonyl (C=O) groups excluding carboxylic acids is 2. The largest absolute Gasteiger partial charge is 0.356 e. The Balaban J connectivity index is 1.51. The van der Waals surface area contributed by atoms with Crippen LogP contribution in [0, 0.1) is 11.7 Å². The minimum atomic E-state index is -0.475. The Morgan fingerprint density at radius 1 is 1.29 bits per heavy atom. The highest BCUT2D eigenvalue weighted by Crippen LogP contribution is 2.25. The molecule has 0 saturated carbocycles. The summed E-state index contributed by atoms with van der Waals surface area (Å²) in [7, 11) is 0. The molecule has 2 N–H and O–H groups in total. The number of hydrogen-bond donors (Lipinski definition) is 2. The molecule has 0 spiro atoms. The van der Waals surface area contributed by atoms with Gasteiger partial charge in [0.25, 0.3) is 0 Å². The zero-order chi connectivity index (χ0) is 22.2. The van der Waals surface area contributed by atoms with Crippen LogP contribution in [0.1, 0.15) is 26.2 Å². The van der Waals surface area contributed by atoms with Gasteiger partial charge in [0.2, 0.25) is 11.8 Å². The number of carbonyl (C=O) groups is 2. The number of piperidine rings is 1. The number of aromatic nitrogens is 2. The smallest absolute Gasteiger partial charge is 0.234 e. The Morgan fingerprint density at radius 3 is 2.87 bits per heavy atom. The van der Waals surface area contributed by atoms with Crippen LogP contribution in [0.5, 0.6) is 0 Å². The predicted molar refractivity (Wildman–Crippen MR) is 121 cm³/mol. The van der Waals surface area contributed by atoms with Gasteiger partial charge in [-0.2, -0.15) is 0 Å². The van der Waals surface area contributed by atoms with Crippen molar-refractivity contribution in [1.82, 2.24) is 15.5 Å². The van der Waals surface area contributed by atoms with E-state index in [-0.39, 0.29) is 34.2 Å². The minimum absolute atomic E-state index is 0.0468. The Bertz CT molecular complexity index is 915. The van der Waals surface area contributed by atoms with Crippen molar-refractivity contribution in [3.63, 3.8) is 0 Å². The average molecular weight is 466 g/mol. The van der Waals surface area contributed by atoms with E-state index >= 15 is 0 Å². The normalized spacial score (nSPS) is 16.1. The lowest BCUT2D eigenvalue weighted by Crippen LogP contribution is -2.43. The first-order chi connectivity index (χ1) is 15.0. The summed E-state index contributed by atoms with van der Waals surface area (Å²) < 4.78 is 13.3. The van der Waals surface area contributed by atoms with Gasteiger partial charge in [-0.25, -0.2) is 4.39 Å². The van der Waals surface area contributed by atoms with Gasteiger partial charge in [0.05, 0.1) is 22.4 Å². The van der Waals surface area contributed by atoms with Crippen molar-refractivity contribution in [3.05, 3.63) is 41.2 Å². The van der Waals surface area contributed by atoms with Crippen molar-refractivity contribution in [2.75, 3.05) is 35.6 Å². The molecule has 7 nitrogen and oxygen atoms in total. The minimum Gasteiger partial charge on any atom is -0.356 e. The second kappa shape index (κ2) is 11.3. The third-order valence-corrected chi connectivity index (χ3v) is 6.09. The van der Waals surface area contributed by atoms with Gasteiger partial charge in [-0.1, -0.05) is 30.3 Å². The van der Waals surface area contributed by atoms with E-state index in [1.54, 1.807) is 6.07 Å². The van der Waals surface area contributed by atoms with E-state index in [1.165, 1.54) is 30.0 Å². The lowest BCUT2D eigenvalue weighted by Gasteiger charge is -2.32. The zero-order valence-corrected chi connectivity index (χ0v) is 18.8. The Hall–Kier alpha value is -2.39. The van der Waals surface area contributed by atoms with Crippen LogP contribution in [0.25, 0.3) is 0 Å². The van der Waals surface area contributed by atoms with E-state index in [0.717, 1.165) is 25.8 Å². The first-order valence-corrected chi connectivity index (χ1v) is 11.6. The van der Waals surface area contributed by atoms with Gasteiger partial charge in [0.15, 0.2) is 5.82 Å².